The Bertz CT molecular complexity index is 1040. The second kappa shape index (κ2) is 7.36. The average molecular weight is 421 g/mol. The normalized spacial score (nSPS) is 15.1. The molecule has 9 nitrogen and oxygen atoms in total. The van der Waals surface area contributed by atoms with Crippen LogP contribution in [-0.2, 0) is 0 Å². The fourth-order valence-electron chi connectivity index (χ4n) is 3.30. The summed E-state index contributed by atoms with van der Waals surface area (Å²) in [4.78, 5) is 36.6. The molecule has 0 spiro atoms. The van der Waals surface area contributed by atoms with Gasteiger partial charge in [-0.3, -0.25) is 4.79 Å². The minimum atomic E-state index is -0.960. The SMILES string of the molecule is CN(C(=O)O)C1CCN(C(=O)c2cc(Cl)nc(-c3cnn4ccsc34)n2)CC1. The van der Waals surface area contributed by atoms with E-state index in [4.69, 9.17) is 16.7 Å². The van der Waals surface area contributed by atoms with Gasteiger partial charge in [-0.2, -0.15) is 5.10 Å². The van der Waals surface area contributed by atoms with E-state index in [-0.39, 0.29) is 22.8 Å². The van der Waals surface area contributed by atoms with E-state index in [1.165, 1.54) is 22.3 Å². The lowest BCUT2D eigenvalue weighted by Crippen LogP contribution is -2.47. The minimum Gasteiger partial charge on any atom is -0.465 e. The van der Waals surface area contributed by atoms with Crippen LogP contribution in [-0.4, -0.2) is 72.7 Å². The lowest BCUT2D eigenvalue weighted by Gasteiger charge is -2.35. The smallest absolute Gasteiger partial charge is 0.407 e. The molecule has 3 aromatic heterocycles. The van der Waals surface area contributed by atoms with Crippen LogP contribution in [0.25, 0.3) is 16.2 Å². The predicted octanol–water partition coefficient (Wildman–Crippen LogP) is 2.72. The number of hydrogen-bond donors (Lipinski definition) is 1. The summed E-state index contributed by atoms with van der Waals surface area (Å²) in [5, 5.41) is 15.4. The van der Waals surface area contributed by atoms with Crippen molar-refractivity contribution in [1.82, 2.24) is 29.4 Å². The van der Waals surface area contributed by atoms with Crippen molar-refractivity contribution >= 4 is 39.8 Å². The van der Waals surface area contributed by atoms with Crippen LogP contribution in [0.2, 0.25) is 5.15 Å². The van der Waals surface area contributed by atoms with E-state index in [9.17, 15) is 9.59 Å². The number of piperidine rings is 1. The van der Waals surface area contributed by atoms with Gasteiger partial charge in [0.2, 0.25) is 0 Å². The molecule has 0 bridgehead atoms. The molecule has 4 heterocycles. The number of aromatic nitrogens is 4. The molecule has 2 amide bonds. The molecule has 0 unspecified atom stereocenters. The molecule has 0 atom stereocenters. The molecular weight excluding hydrogens is 404 g/mol. The Labute approximate surface area is 169 Å². The molecule has 1 aliphatic heterocycles. The highest BCUT2D eigenvalue weighted by molar-refractivity contribution is 7.16. The van der Waals surface area contributed by atoms with E-state index in [0.29, 0.717) is 37.3 Å². The quantitative estimate of drug-likeness (QED) is 0.653. The number of fused-ring (bicyclic) bond motifs is 1. The number of carbonyl (C=O) groups is 2. The molecule has 1 N–H and O–H groups in total. The molecule has 3 aromatic rings. The minimum absolute atomic E-state index is 0.0920. The standard InChI is InChI=1S/C17H17ClN6O3S/c1-22(17(26)27)10-2-4-23(5-3-10)15(25)12-8-13(18)21-14(20-12)11-9-19-24-6-7-28-16(11)24/h6-10H,2-5H2,1H3,(H,26,27). The zero-order valence-electron chi connectivity index (χ0n) is 14.9. The summed E-state index contributed by atoms with van der Waals surface area (Å²) >= 11 is 7.66. The number of carboxylic acid groups (broad SMARTS) is 1. The van der Waals surface area contributed by atoms with Crippen molar-refractivity contribution in [3.8, 4) is 11.4 Å². The van der Waals surface area contributed by atoms with Gasteiger partial charge in [0.25, 0.3) is 5.91 Å². The van der Waals surface area contributed by atoms with Crippen molar-refractivity contribution in [2.45, 2.75) is 18.9 Å². The van der Waals surface area contributed by atoms with Crippen LogP contribution in [0.15, 0.2) is 23.8 Å². The molecular formula is C17H17ClN6O3S. The summed E-state index contributed by atoms with van der Waals surface area (Å²) in [6.07, 6.45) is 3.69. The maximum atomic E-state index is 12.9. The highest BCUT2D eigenvalue weighted by Gasteiger charge is 2.29. The van der Waals surface area contributed by atoms with E-state index in [1.807, 2.05) is 11.6 Å². The first-order valence-corrected chi connectivity index (χ1v) is 9.90. The molecule has 0 aliphatic carbocycles. The highest BCUT2D eigenvalue weighted by atomic mass is 35.5. The number of carbonyl (C=O) groups excluding carboxylic acids is 1. The Kier molecular flexibility index (Phi) is 4.90. The van der Waals surface area contributed by atoms with Gasteiger partial charge in [-0.15, -0.1) is 11.3 Å². The molecule has 28 heavy (non-hydrogen) atoms. The number of halogens is 1. The zero-order valence-corrected chi connectivity index (χ0v) is 16.5. The number of rotatable bonds is 3. The fourth-order valence-corrected chi connectivity index (χ4v) is 4.28. The van der Waals surface area contributed by atoms with Crippen LogP contribution in [0, 0.1) is 0 Å². The number of nitrogens with zero attached hydrogens (tertiary/aromatic N) is 6. The molecule has 0 radical (unpaired) electrons. The van der Waals surface area contributed by atoms with Crippen molar-refractivity contribution in [2.75, 3.05) is 20.1 Å². The van der Waals surface area contributed by atoms with Gasteiger partial charge in [0.05, 0.1) is 11.8 Å². The van der Waals surface area contributed by atoms with Crippen LogP contribution in [0.5, 0.6) is 0 Å². The molecule has 0 saturated carbocycles. The lowest BCUT2D eigenvalue weighted by molar-refractivity contribution is 0.0638. The molecule has 1 aliphatic rings. The first-order chi connectivity index (χ1) is 13.4. The third-order valence-corrected chi connectivity index (χ3v) is 5.97. The number of likely N-dealkylation sites (tertiary alicyclic amines) is 1. The molecule has 0 aromatic carbocycles. The Morgan fingerprint density at radius 3 is 2.79 bits per heavy atom. The fraction of sp³-hybridized carbons (Fsp3) is 0.353. The molecule has 146 valence electrons. The van der Waals surface area contributed by atoms with E-state index in [2.05, 4.69) is 15.1 Å². The predicted molar refractivity (Wildman–Crippen MR) is 104 cm³/mol. The first-order valence-electron chi connectivity index (χ1n) is 8.65. The summed E-state index contributed by atoms with van der Waals surface area (Å²) in [6.45, 7) is 0.919. The van der Waals surface area contributed by atoms with Crippen LogP contribution in [0.3, 0.4) is 0 Å². The summed E-state index contributed by atoms with van der Waals surface area (Å²) in [5.74, 6) is 0.116. The number of hydrogen-bond acceptors (Lipinski definition) is 6. The largest absolute Gasteiger partial charge is 0.465 e. The molecule has 11 heteroatoms. The van der Waals surface area contributed by atoms with Crippen molar-refractivity contribution in [1.29, 1.82) is 0 Å². The first kappa shape index (κ1) is 18.6. The second-order valence-electron chi connectivity index (χ2n) is 6.53. The Morgan fingerprint density at radius 1 is 1.32 bits per heavy atom. The van der Waals surface area contributed by atoms with Crippen molar-refractivity contribution in [3.63, 3.8) is 0 Å². The molecule has 4 rings (SSSR count). The summed E-state index contributed by atoms with van der Waals surface area (Å²) in [5.41, 5.74) is 0.935. The van der Waals surface area contributed by atoms with E-state index in [1.54, 1.807) is 22.7 Å². The van der Waals surface area contributed by atoms with E-state index < -0.39 is 6.09 Å². The van der Waals surface area contributed by atoms with Crippen molar-refractivity contribution < 1.29 is 14.7 Å². The summed E-state index contributed by atoms with van der Waals surface area (Å²) in [7, 11) is 1.55. The average Bonchev–Trinajstić information content (AvgIpc) is 3.30. The Balaban J connectivity index is 1.55. The molecule has 1 fully saturated rings. The monoisotopic (exact) mass is 420 g/mol. The van der Waals surface area contributed by atoms with Gasteiger partial charge in [-0.05, 0) is 12.8 Å². The topological polar surface area (TPSA) is 104 Å². The highest BCUT2D eigenvalue weighted by Crippen LogP contribution is 2.27. The van der Waals surface area contributed by atoms with E-state index >= 15 is 0 Å². The van der Waals surface area contributed by atoms with Gasteiger partial charge >= 0.3 is 6.09 Å². The number of thiazole rings is 1. The second-order valence-corrected chi connectivity index (χ2v) is 7.81. The van der Waals surface area contributed by atoms with Gasteiger partial charge in [-0.1, -0.05) is 11.6 Å². The summed E-state index contributed by atoms with van der Waals surface area (Å²) in [6, 6.07) is 1.36. The third-order valence-electron chi connectivity index (χ3n) is 4.89. The maximum absolute atomic E-state index is 12.9. The van der Waals surface area contributed by atoms with Gasteiger partial charge in [0, 0.05) is 43.8 Å². The van der Waals surface area contributed by atoms with Crippen LogP contribution in [0.4, 0.5) is 4.79 Å². The Hall–Kier alpha value is -2.72. The van der Waals surface area contributed by atoms with Crippen LogP contribution >= 0.6 is 22.9 Å². The number of amides is 2. The lowest BCUT2D eigenvalue weighted by atomic mass is 10.0. The summed E-state index contributed by atoms with van der Waals surface area (Å²) < 4.78 is 1.72. The van der Waals surface area contributed by atoms with Gasteiger partial charge < -0.3 is 14.9 Å². The van der Waals surface area contributed by atoms with Crippen molar-refractivity contribution in [3.05, 3.63) is 34.7 Å². The van der Waals surface area contributed by atoms with Crippen LogP contribution in [0.1, 0.15) is 23.3 Å². The molecule has 1 saturated heterocycles. The third kappa shape index (κ3) is 3.40. The van der Waals surface area contributed by atoms with Gasteiger partial charge in [0.15, 0.2) is 5.82 Å². The zero-order chi connectivity index (χ0) is 19.8. The van der Waals surface area contributed by atoms with Crippen molar-refractivity contribution in [2.24, 2.45) is 0 Å². The van der Waals surface area contributed by atoms with Crippen LogP contribution < -0.4 is 0 Å². The van der Waals surface area contributed by atoms with Gasteiger partial charge in [0.1, 0.15) is 15.7 Å². The maximum Gasteiger partial charge on any atom is 0.407 e. The van der Waals surface area contributed by atoms with E-state index in [0.717, 1.165) is 4.83 Å². The Morgan fingerprint density at radius 2 is 2.07 bits per heavy atom. The van der Waals surface area contributed by atoms with Gasteiger partial charge in [-0.25, -0.2) is 19.3 Å².